The first kappa shape index (κ1) is 11.4. The third-order valence-corrected chi connectivity index (χ3v) is 2.17. The fraction of sp³-hybridized carbons (Fsp3) is 0. The van der Waals surface area contributed by atoms with Crippen LogP contribution < -0.4 is 5.56 Å². The van der Waals surface area contributed by atoms with Gasteiger partial charge in [0.05, 0.1) is 11.4 Å². The van der Waals surface area contributed by atoms with Crippen molar-refractivity contribution >= 4 is 5.69 Å². The lowest BCUT2D eigenvalue weighted by Gasteiger charge is -2.04. The van der Waals surface area contributed by atoms with Gasteiger partial charge >= 0.3 is 0 Å². The molecule has 0 saturated carbocycles. The summed E-state index contributed by atoms with van der Waals surface area (Å²) in [4.78, 5) is 14.3. The molecule has 1 aromatic heterocycles. The van der Waals surface area contributed by atoms with Crippen LogP contribution in [0.2, 0.25) is 0 Å². The van der Waals surface area contributed by atoms with Crippen LogP contribution in [0.5, 0.6) is 0 Å². The third kappa shape index (κ3) is 2.04. The second-order valence-corrected chi connectivity index (χ2v) is 3.27. The number of nitriles is 1. The first-order valence-electron chi connectivity index (χ1n) is 4.91. The van der Waals surface area contributed by atoms with Gasteiger partial charge in [0.1, 0.15) is 6.07 Å². The number of benzene rings is 1. The average molecular weight is 238 g/mol. The monoisotopic (exact) mass is 238 g/mol. The maximum absolute atomic E-state index is 11.8. The van der Waals surface area contributed by atoms with Gasteiger partial charge in [-0.3, -0.25) is 4.79 Å². The molecule has 0 unspecified atom stereocenters. The molecule has 0 aliphatic heterocycles. The van der Waals surface area contributed by atoms with Crippen LogP contribution in [0.25, 0.3) is 16.1 Å². The molecule has 0 saturated heterocycles. The van der Waals surface area contributed by atoms with Crippen molar-refractivity contribution in [2.45, 2.75) is 0 Å². The van der Waals surface area contributed by atoms with Crippen LogP contribution in [0.3, 0.4) is 0 Å². The minimum atomic E-state index is -0.470. The minimum Gasteiger partial charge on any atom is -0.267 e. The van der Waals surface area contributed by atoms with E-state index >= 15 is 0 Å². The van der Waals surface area contributed by atoms with Gasteiger partial charge in [0.25, 0.3) is 5.56 Å². The van der Waals surface area contributed by atoms with Crippen LogP contribution in [-0.2, 0) is 0 Å². The highest BCUT2D eigenvalue weighted by atomic mass is 16.1. The lowest BCUT2D eigenvalue weighted by Crippen LogP contribution is -2.20. The van der Waals surface area contributed by atoms with E-state index in [0.29, 0.717) is 5.69 Å². The Hall–Kier alpha value is -3.10. The maximum Gasteiger partial charge on any atom is 0.272 e. The van der Waals surface area contributed by atoms with E-state index in [1.54, 1.807) is 36.4 Å². The highest BCUT2D eigenvalue weighted by Crippen LogP contribution is 2.14. The normalized spacial score (nSPS) is 9.28. The number of rotatable bonds is 2. The lowest BCUT2D eigenvalue weighted by molar-refractivity contribution is 0.798. The van der Waals surface area contributed by atoms with E-state index in [2.05, 4.69) is 15.1 Å². The van der Waals surface area contributed by atoms with E-state index in [9.17, 15) is 4.79 Å². The second kappa shape index (κ2) is 4.82. The number of nitrogens with zero attached hydrogens (tertiary/aromatic N) is 6. The van der Waals surface area contributed by atoms with E-state index in [0.717, 1.165) is 10.7 Å². The predicted molar refractivity (Wildman–Crippen MR) is 63.4 cm³/mol. The summed E-state index contributed by atoms with van der Waals surface area (Å²) < 4.78 is 1.08. The van der Waals surface area contributed by atoms with Crippen LogP contribution in [-0.4, -0.2) is 9.78 Å². The Morgan fingerprint density at radius 3 is 2.72 bits per heavy atom. The lowest BCUT2D eigenvalue weighted by atomic mass is 10.3. The Labute approximate surface area is 101 Å². The van der Waals surface area contributed by atoms with Gasteiger partial charge in [-0.2, -0.15) is 15.0 Å². The molecular formula is C11H6N6O. The largest absolute Gasteiger partial charge is 0.272 e. The van der Waals surface area contributed by atoms with Crippen LogP contribution in [0, 0.1) is 11.3 Å². The smallest absolute Gasteiger partial charge is 0.267 e. The van der Waals surface area contributed by atoms with E-state index in [1.807, 2.05) is 0 Å². The molecule has 1 aromatic carbocycles. The number of aromatic nitrogens is 2. The van der Waals surface area contributed by atoms with Gasteiger partial charge in [-0.15, -0.1) is 0 Å². The molecule has 18 heavy (non-hydrogen) atoms. The summed E-state index contributed by atoms with van der Waals surface area (Å²) in [5.74, 6) is 0. The van der Waals surface area contributed by atoms with Gasteiger partial charge in [-0.1, -0.05) is 23.3 Å². The van der Waals surface area contributed by atoms with Crippen molar-refractivity contribution in [2.24, 2.45) is 5.11 Å². The third-order valence-electron chi connectivity index (χ3n) is 2.17. The highest BCUT2D eigenvalue weighted by molar-refractivity contribution is 5.48. The zero-order chi connectivity index (χ0) is 13.0. The highest BCUT2D eigenvalue weighted by Gasteiger charge is 2.08. The molecule has 7 heteroatoms. The minimum absolute atomic E-state index is 0.0721. The summed E-state index contributed by atoms with van der Waals surface area (Å²) in [7, 11) is 0. The molecule has 0 atom stereocenters. The maximum atomic E-state index is 11.8. The van der Waals surface area contributed by atoms with Crippen molar-refractivity contribution in [2.75, 3.05) is 0 Å². The zero-order valence-corrected chi connectivity index (χ0v) is 9.06. The Kier molecular flexibility index (Phi) is 3.05. The van der Waals surface area contributed by atoms with Crippen molar-refractivity contribution in [3.8, 4) is 11.8 Å². The first-order valence-corrected chi connectivity index (χ1v) is 4.91. The molecule has 2 rings (SSSR count). The van der Waals surface area contributed by atoms with Crippen molar-refractivity contribution in [1.29, 1.82) is 5.26 Å². The summed E-state index contributed by atoms with van der Waals surface area (Å²) in [6.45, 7) is 0. The molecular weight excluding hydrogens is 232 g/mol. The molecule has 0 radical (unpaired) electrons. The van der Waals surface area contributed by atoms with E-state index in [4.69, 9.17) is 10.8 Å². The van der Waals surface area contributed by atoms with Crippen molar-refractivity contribution < 1.29 is 0 Å². The molecule has 0 amide bonds. The summed E-state index contributed by atoms with van der Waals surface area (Å²) >= 11 is 0. The topological polar surface area (TPSA) is 107 Å². The van der Waals surface area contributed by atoms with Crippen LogP contribution in [0.1, 0.15) is 5.69 Å². The molecule has 7 nitrogen and oxygen atoms in total. The quantitative estimate of drug-likeness (QED) is 0.453. The van der Waals surface area contributed by atoms with Gasteiger partial charge in [0.2, 0.25) is 0 Å². The molecule has 1 heterocycles. The van der Waals surface area contributed by atoms with Gasteiger partial charge < -0.3 is 0 Å². The molecule has 2 aromatic rings. The Balaban J connectivity index is 2.69. The molecule has 0 spiro atoms. The van der Waals surface area contributed by atoms with Crippen LogP contribution in [0.4, 0.5) is 5.69 Å². The van der Waals surface area contributed by atoms with Crippen molar-refractivity contribution in [1.82, 2.24) is 9.78 Å². The van der Waals surface area contributed by atoms with Crippen LogP contribution >= 0.6 is 0 Å². The summed E-state index contributed by atoms with van der Waals surface area (Å²) in [5, 5.41) is 16.0. The molecule has 0 aliphatic carbocycles. The van der Waals surface area contributed by atoms with Gasteiger partial charge in [-0.05, 0) is 17.7 Å². The molecule has 0 aliphatic rings. The molecule has 86 valence electrons. The Morgan fingerprint density at radius 1 is 1.39 bits per heavy atom. The predicted octanol–water partition coefficient (Wildman–Crippen LogP) is 2.05. The Morgan fingerprint density at radius 2 is 2.11 bits per heavy atom. The summed E-state index contributed by atoms with van der Waals surface area (Å²) in [6, 6.07) is 11.5. The fourth-order valence-electron chi connectivity index (χ4n) is 1.41. The number of para-hydroxylation sites is 1. The molecule has 0 bridgehead atoms. The van der Waals surface area contributed by atoms with Crippen molar-refractivity contribution in [3.63, 3.8) is 0 Å². The molecule has 0 fully saturated rings. The van der Waals surface area contributed by atoms with Gasteiger partial charge in [-0.25, -0.2) is 0 Å². The average Bonchev–Trinajstić information content (AvgIpc) is 2.40. The van der Waals surface area contributed by atoms with Crippen LogP contribution in [0.15, 0.2) is 46.3 Å². The SMILES string of the molecule is N#Cc1nn(-c2ccccc2)c(=O)cc1N=[N+]=[N-]. The van der Waals surface area contributed by atoms with E-state index in [-0.39, 0.29) is 11.4 Å². The van der Waals surface area contributed by atoms with Crippen molar-refractivity contribution in [3.05, 3.63) is 62.9 Å². The van der Waals surface area contributed by atoms with E-state index in [1.165, 1.54) is 0 Å². The summed E-state index contributed by atoms with van der Waals surface area (Å²) in [5.41, 5.74) is 8.22. The number of azide groups is 1. The van der Waals surface area contributed by atoms with E-state index < -0.39 is 5.56 Å². The Bertz CT molecular complexity index is 721. The fourth-order valence-corrected chi connectivity index (χ4v) is 1.41. The standard InChI is InChI=1S/C11H6N6O/c12-7-10-9(14-16-13)6-11(18)17(15-10)8-4-2-1-3-5-8/h1-6H. The summed E-state index contributed by atoms with van der Waals surface area (Å²) in [6.07, 6.45) is 0. The second-order valence-electron chi connectivity index (χ2n) is 3.27. The van der Waals surface area contributed by atoms with Gasteiger partial charge in [0.15, 0.2) is 5.69 Å². The number of hydrogen-bond acceptors (Lipinski definition) is 4. The number of hydrogen-bond donors (Lipinski definition) is 0. The van der Waals surface area contributed by atoms with Gasteiger partial charge in [0, 0.05) is 11.0 Å². The zero-order valence-electron chi connectivity index (χ0n) is 9.06. The molecule has 0 N–H and O–H groups in total. The first-order chi connectivity index (χ1) is 8.76.